The van der Waals surface area contributed by atoms with Gasteiger partial charge in [0.05, 0.1) is 12.3 Å². The standard InChI is InChI=1S/C16H23N3O/c1-6-8-14(9-7-2)10-18-16-15(20-12(3)4)11-17-13(5)19-16/h6-9,11-12H,1,10H2,2-5H3,(H,17,18,19)/b9-7-,14-8+. The van der Waals surface area contributed by atoms with Crippen molar-refractivity contribution < 1.29 is 4.74 Å². The number of hydrogen-bond donors (Lipinski definition) is 1. The van der Waals surface area contributed by atoms with Gasteiger partial charge in [0.25, 0.3) is 0 Å². The third-order valence-corrected chi connectivity index (χ3v) is 2.41. The van der Waals surface area contributed by atoms with E-state index in [4.69, 9.17) is 4.74 Å². The van der Waals surface area contributed by atoms with Crippen molar-refractivity contribution in [2.45, 2.75) is 33.8 Å². The first kappa shape index (κ1) is 16.0. The summed E-state index contributed by atoms with van der Waals surface area (Å²) in [4.78, 5) is 8.57. The quantitative estimate of drug-likeness (QED) is 0.770. The molecule has 0 atom stereocenters. The number of nitrogens with zero attached hydrogens (tertiary/aromatic N) is 2. The van der Waals surface area contributed by atoms with Crippen molar-refractivity contribution in [3.63, 3.8) is 0 Å². The van der Waals surface area contributed by atoms with E-state index in [2.05, 4.69) is 21.9 Å². The van der Waals surface area contributed by atoms with E-state index in [0.717, 1.165) is 5.57 Å². The van der Waals surface area contributed by atoms with Gasteiger partial charge in [0.1, 0.15) is 5.82 Å². The Labute approximate surface area is 121 Å². The van der Waals surface area contributed by atoms with E-state index in [1.54, 1.807) is 12.3 Å². The monoisotopic (exact) mass is 273 g/mol. The summed E-state index contributed by atoms with van der Waals surface area (Å²) in [5.74, 6) is 2.10. The van der Waals surface area contributed by atoms with Crippen LogP contribution in [0.25, 0.3) is 0 Å². The second kappa shape index (κ2) is 8.15. The average molecular weight is 273 g/mol. The molecule has 0 radical (unpaired) electrons. The third kappa shape index (κ3) is 5.26. The minimum atomic E-state index is 0.0839. The summed E-state index contributed by atoms with van der Waals surface area (Å²) in [6.45, 7) is 12.2. The molecule has 0 amide bonds. The SMILES string of the molecule is C=C/C=C(\C=C/C)CNc1nc(C)ncc1OC(C)C. The summed E-state index contributed by atoms with van der Waals surface area (Å²) >= 11 is 0. The second-order valence-electron chi connectivity index (χ2n) is 4.63. The lowest BCUT2D eigenvalue weighted by Gasteiger charge is -2.15. The van der Waals surface area contributed by atoms with Crippen molar-refractivity contribution in [2.24, 2.45) is 0 Å². The van der Waals surface area contributed by atoms with Crippen molar-refractivity contribution in [1.82, 2.24) is 9.97 Å². The Balaban J connectivity index is 2.87. The van der Waals surface area contributed by atoms with Gasteiger partial charge in [-0.3, -0.25) is 0 Å². The van der Waals surface area contributed by atoms with Crippen LogP contribution in [0.3, 0.4) is 0 Å². The van der Waals surface area contributed by atoms with Gasteiger partial charge in [0.15, 0.2) is 11.6 Å². The molecule has 4 heteroatoms. The predicted octanol–water partition coefficient (Wildman–Crippen LogP) is 3.67. The van der Waals surface area contributed by atoms with Gasteiger partial charge >= 0.3 is 0 Å². The molecule has 0 aliphatic rings. The van der Waals surface area contributed by atoms with Gasteiger partial charge < -0.3 is 10.1 Å². The summed E-state index contributed by atoms with van der Waals surface area (Å²) in [5.41, 5.74) is 1.12. The normalized spacial score (nSPS) is 11.9. The van der Waals surface area contributed by atoms with E-state index in [-0.39, 0.29) is 6.10 Å². The van der Waals surface area contributed by atoms with Crippen LogP contribution in [0.1, 0.15) is 26.6 Å². The maximum atomic E-state index is 5.71. The molecule has 0 saturated carbocycles. The minimum Gasteiger partial charge on any atom is -0.486 e. The highest BCUT2D eigenvalue weighted by molar-refractivity contribution is 5.50. The molecular weight excluding hydrogens is 250 g/mol. The van der Waals surface area contributed by atoms with Crippen molar-refractivity contribution in [1.29, 1.82) is 0 Å². The van der Waals surface area contributed by atoms with E-state index < -0.39 is 0 Å². The zero-order chi connectivity index (χ0) is 15.0. The first-order chi connectivity index (χ1) is 9.56. The molecule has 1 N–H and O–H groups in total. The number of aromatic nitrogens is 2. The van der Waals surface area contributed by atoms with E-state index >= 15 is 0 Å². The van der Waals surface area contributed by atoms with Crippen molar-refractivity contribution in [3.05, 3.63) is 48.5 Å². The van der Waals surface area contributed by atoms with Crippen LogP contribution in [0, 0.1) is 6.92 Å². The Morgan fingerprint density at radius 2 is 2.25 bits per heavy atom. The molecule has 0 aromatic carbocycles. The van der Waals surface area contributed by atoms with Gasteiger partial charge in [-0.15, -0.1) is 0 Å². The number of aryl methyl sites for hydroxylation is 1. The van der Waals surface area contributed by atoms with Gasteiger partial charge in [-0.2, -0.15) is 0 Å². The lowest BCUT2D eigenvalue weighted by Crippen LogP contribution is -2.12. The molecule has 4 nitrogen and oxygen atoms in total. The Morgan fingerprint density at radius 3 is 2.85 bits per heavy atom. The molecule has 20 heavy (non-hydrogen) atoms. The van der Waals surface area contributed by atoms with Gasteiger partial charge in [-0.25, -0.2) is 9.97 Å². The molecule has 1 rings (SSSR count). The van der Waals surface area contributed by atoms with Gasteiger partial charge in [-0.1, -0.05) is 30.9 Å². The third-order valence-electron chi connectivity index (χ3n) is 2.41. The fourth-order valence-electron chi connectivity index (χ4n) is 1.65. The molecule has 0 bridgehead atoms. The molecule has 0 aliphatic heterocycles. The van der Waals surface area contributed by atoms with E-state index in [1.807, 2.05) is 45.9 Å². The number of anilines is 1. The summed E-state index contributed by atoms with van der Waals surface area (Å²) in [6, 6.07) is 0. The van der Waals surface area contributed by atoms with Crippen molar-refractivity contribution in [2.75, 3.05) is 11.9 Å². The van der Waals surface area contributed by atoms with Crippen LogP contribution in [0.5, 0.6) is 5.75 Å². The van der Waals surface area contributed by atoms with Crippen molar-refractivity contribution >= 4 is 5.82 Å². The number of rotatable bonds is 7. The van der Waals surface area contributed by atoms with Gasteiger partial charge in [0, 0.05) is 6.54 Å². The first-order valence-corrected chi connectivity index (χ1v) is 6.75. The van der Waals surface area contributed by atoms with E-state index in [1.165, 1.54) is 0 Å². The van der Waals surface area contributed by atoms with Crippen LogP contribution in [0.2, 0.25) is 0 Å². The van der Waals surface area contributed by atoms with Crippen molar-refractivity contribution in [3.8, 4) is 5.75 Å². The second-order valence-corrected chi connectivity index (χ2v) is 4.63. The molecular formula is C16H23N3O. The van der Waals surface area contributed by atoms with Crippen LogP contribution in [-0.4, -0.2) is 22.6 Å². The lowest BCUT2D eigenvalue weighted by atomic mass is 10.2. The number of ether oxygens (including phenoxy) is 1. The zero-order valence-corrected chi connectivity index (χ0v) is 12.7. The Bertz CT molecular complexity index is 504. The molecule has 0 fully saturated rings. The highest BCUT2D eigenvalue weighted by Crippen LogP contribution is 2.22. The molecule has 108 valence electrons. The maximum absolute atomic E-state index is 5.71. The Hall–Kier alpha value is -2.10. The largest absolute Gasteiger partial charge is 0.486 e. The van der Waals surface area contributed by atoms with Crippen LogP contribution in [-0.2, 0) is 0 Å². The fraction of sp³-hybridized carbons (Fsp3) is 0.375. The lowest BCUT2D eigenvalue weighted by molar-refractivity contribution is 0.241. The minimum absolute atomic E-state index is 0.0839. The summed E-state index contributed by atoms with van der Waals surface area (Å²) in [6.07, 6.45) is 9.55. The topological polar surface area (TPSA) is 47.0 Å². The Kier molecular flexibility index (Phi) is 6.50. The van der Waals surface area contributed by atoms with E-state index in [0.29, 0.717) is 23.9 Å². The Morgan fingerprint density at radius 1 is 1.50 bits per heavy atom. The highest BCUT2D eigenvalue weighted by atomic mass is 16.5. The fourth-order valence-corrected chi connectivity index (χ4v) is 1.65. The smallest absolute Gasteiger partial charge is 0.180 e. The highest BCUT2D eigenvalue weighted by Gasteiger charge is 2.08. The molecule has 1 aromatic heterocycles. The summed E-state index contributed by atoms with van der Waals surface area (Å²) in [5, 5.41) is 3.29. The van der Waals surface area contributed by atoms with Crippen LogP contribution < -0.4 is 10.1 Å². The predicted molar refractivity (Wildman–Crippen MR) is 84.1 cm³/mol. The molecule has 0 spiro atoms. The van der Waals surface area contributed by atoms with E-state index in [9.17, 15) is 0 Å². The molecule has 1 aromatic rings. The van der Waals surface area contributed by atoms with Crippen LogP contribution in [0.4, 0.5) is 5.82 Å². The molecule has 1 heterocycles. The van der Waals surface area contributed by atoms with Gasteiger partial charge in [0.2, 0.25) is 0 Å². The van der Waals surface area contributed by atoms with Crippen LogP contribution in [0.15, 0.2) is 42.7 Å². The maximum Gasteiger partial charge on any atom is 0.180 e. The molecule has 0 aliphatic carbocycles. The zero-order valence-electron chi connectivity index (χ0n) is 12.7. The first-order valence-electron chi connectivity index (χ1n) is 6.75. The molecule has 0 saturated heterocycles. The molecule has 0 unspecified atom stereocenters. The summed E-state index contributed by atoms with van der Waals surface area (Å²) < 4.78 is 5.71. The van der Waals surface area contributed by atoms with Gasteiger partial charge in [-0.05, 0) is 33.3 Å². The number of nitrogens with one attached hydrogen (secondary N) is 1. The van der Waals surface area contributed by atoms with Crippen LogP contribution >= 0.6 is 0 Å². The summed E-state index contributed by atoms with van der Waals surface area (Å²) in [7, 11) is 0. The number of allylic oxidation sites excluding steroid dienone is 3. The number of hydrogen-bond acceptors (Lipinski definition) is 4. The average Bonchev–Trinajstić information content (AvgIpc) is 2.39.